The van der Waals surface area contributed by atoms with Gasteiger partial charge in [0.2, 0.25) is 5.91 Å². The number of para-hydroxylation sites is 1. The average Bonchev–Trinajstić information content (AvgIpc) is 2.54. The molecule has 24 heavy (non-hydrogen) atoms. The number of rotatable bonds is 6. The first-order valence-corrected chi connectivity index (χ1v) is 8.48. The lowest BCUT2D eigenvalue weighted by molar-refractivity contribution is -0.115. The minimum absolute atomic E-state index is 0.00162. The molecule has 0 aromatic heterocycles. The van der Waals surface area contributed by atoms with Crippen LogP contribution in [0.3, 0.4) is 0 Å². The second kappa shape index (κ2) is 8.00. The number of nitrogens with one attached hydrogen (secondary N) is 1. The molecule has 1 N–H and O–H groups in total. The number of carbonyl (C=O) groups excluding carboxylic acids is 1. The Morgan fingerprint density at radius 3 is 2.12 bits per heavy atom. The Labute approximate surface area is 145 Å². The maximum absolute atomic E-state index is 12.6. The number of ether oxygens (including phenoxy) is 1. The van der Waals surface area contributed by atoms with Crippen LogP contribution in [-0.4, -0.2) is 13.0 Å². The van der Waals surface area contributed by atoms with E-state index >= 15 is 0 Å². The Balaban J connectivity index is 2.24. The van der Waals surface area contributed by atoms with Crippen LogP contribution in [0.4, 0.5) is 5.69 Å². The van der Waals surface area contributed by atoms with Crippen LogP contribution >= 0.6 is 0 Å². The number of amides is 1. The van der Waals surface area contributed by atoms with Crippen LogP contribution in [0.15, 0.2) is 42.5 Å². The highest BCUT2D eigenvalue weighted by Gasteiger charge is 2.16. The first kappa shape index (κ1) is 18.1. The third kappa shape index (κ3) is 4.38. The summed E-state index contributed by atoms with van der Waals surface area (Å²) < 4.78 is 5.22. The van der Waals surface area contributed by atoms with E-state index in [0.717, 1.165) is 17.0 Å². The molecule has 2 aromatic carbocycles. The van der Waals surface area contributed by atoms with Gasteiger partial charge in [0, 0.05) is 5.69 Å². The third-order valence-corrected chi connectivity index (χ3v) is 4.14. The van der Waals surface area contributed by atoms with Crippen LogP contribution < -0.4 is 10.1 Å². The molecule has 3 heteroatoms. The molecule has 0 saturated heterocycles. The Morgan fingerprint density at radius 1 is 1.00 bits per heavy atom. The van der Waals surface area contributed by atoms with Crippen LogP contribution in [0, 0.1) is 0 Å². The third-order valence-electron chi connectivity index (χ3n) is 4.14. The molecule has 0 bridgehead atoms. The van der Waals surface area contributed by atoms with Crippen molar-refractivity contribution in [1.29, 1.82) is 0 Å². The van der Waals surface area contributed by atoms with Crippen LogP contribution in [-0.2, 0) is 11.2 Å². The van der Waals surface area contributed by atoms with E-state index in [-0.39, 0.29) is 5.91 Å². The van der Waals surface area contributed by atoms with Crippen LogP contribution in [0.25, 0.3) is 0 Å². The van der Waals surface area contributed by atoms with Crippen molar-refractivity contribution in [3.63, 3.8) is 0 Å². The van der Waals surface area contributed by atoms with Crippen molar-refractivity contribution in [3.8, 4) is 5.75 Å². The van der Waals surface area contributed by atoms with Gasteiger partial charge in [0.15, 0.2) is 0 Å². The van der Waals surface area contributed by atoms with Crippen LogP contribution in [0.5, 0.6) is 5.75 Å². The fourth-order valence-electron chi connectivity index (χ4n) is 2.85. The first-order valence-electron chi connectivity index (χ1n) is 8.48. The molecular weight excluding hydrogens is 298 g/mol. The highest BCUT2D eigenvalue weighted by atomic mass is 16.5. The summed E-state index contributed by atoms with van der Waals surface area (Å²) in [6.45, 7) is 8.60. The Morgan fingerprint density at radius 2 is 1.58 bits per heavy atom. The fraction of sp³-hybridized carbons (Fsp3) is 0.381. The van der Waals surface area contributed by atoms with Crippen molar-refractivity contribution >= 4 is 11.6 Å². The Bertz CT molecular complexity index is 678. The zero-order valence-electron chi connectivity index (χ0n) is 15.2. The lowest BCUT2D eigenvalue weighted by Gasteiger charge is -2.20. The topological polar surface area (TPSA) is 38.3 Å². The molecule has 2 aromatic rings. The summed E-state index contributed by atoms with van der Waals surface area (Å²) in [6, 6.07) is 13.9. The van der Waals surface area contributed by atoms with E-state index in [2.05, 4.69) is 51.2 Å². The summed E-state index contributed by atoms with van der Waals surface area (Å²) in [6.07, 6.45) is 0.334. The van der Waals surface area contributed by atoms with Gasteiger partial charge in [0.05, 0.1) is 13.5 Å². The first-order chi connectivity index (χ1) is 11.4. The van der Waals surface area contributed by atoms with Gasteiger partial charge in [-0.3, -0.25) is 4.79 Å². The van der Waals surface area contributed by atoms with Gasteiger partial charge in [-0.1, -0.05) is 58.0 Å². The number of benzene rings is 2. The molecule has 0 aliphatic heterocycles. The number of anilines is 1. The molecular formula is C21H27NO2. The van der Waals surface area contributed by atoms with Crippen molar-refractivity contribution in [1.82, 2.24) is 0 Å². The minimum atomic E-state index is -0.00162. The van der Waals surface area contributed by atoms with Gasteiger partial charge < -0.3 is 10.1 Å². The van der Waals surface area contributed by atoms with Crippen molar-refractivity contribution in [2.24, 2.45) is 0 Å². The maximum Gasteiger partial charge on any atom is 0.228 e. The number of methoxy groups -OCH3 is 1. The van der Waals surface area contributed by atoms with Gasteiger partial charge in [-0.25, -0.2) is 0 Å². The summed E-state index contributed by atoms with van der Waals surface area (Å²) in [5.74, 6) is 1.48. The lowest BCUT2D eigenvalue weighted by Crippen LogP contribution is -2.17. The molecule has 128 valence electrons. The highest BCUT2D eigenvalue weighted by molar-refractivity contribution is 5.94. The van der Waals surface area contributed by atoms with Crippen LogP contribution in [0.1, 0.15) is 56.2 Å². The molecule has 0 aliphatic rings. The highest BCUT2D eigenvalue weighted by Crippen LogP contribution is 2.32. The lowest BCUT2D eigenvalue weighted by atomic mass is 9.92. The van der Waals surface area contributed by atoms with Crippen molar-refractivity contribution in [2.45, 2.75) is 46.0 Å². The molecule has 1 amide bonds. The predicted molar refractivity (Wildman–Crippen MR) is 99.9 cm³/mol. The predicted octanol–water partition coefficient (Wildman–Crippen LogP) is 5.12. The Hall–Kier alpha value is -2.29. The second-order valence-electron chi connectivity index (χ2n) is 6.70. The van der Waals surface area contributed by atoms with Crippen molar-refractivity contribution in [2.75, 3.05) is 12.4 Å². The van der Waals surface area contributed by atoms with Crippen LogP contribution in [0.2, 0.25) is 0 Å². The molecule has 2 rings (SSSR count). The van der Waals surface area contributed by atoms with Gasteiger partial charge in [0.1, 0.15) is 5.75 Å². The van der Waals surface area contributed by atoms with E-state index in [1.807, 2.05) is 24.3 Å². The summed E-state index contributed by atoms with van der Waals surface area (Å²) in [5.41, 5.74) is 4.27. The summed E-state index contributed by atoms with van der Waals surface area (Å²) in [7, 11) is 1.63. The van der Waals surface area contributed by atoms with Crippen molar-refractivity contribution < 1.29 is 9.53 Å². The van der Waals surface area contributed by atoms with E-state index in [4.69, 9.17) is 4.74 Å². The van der Waals surface area contributed by atoms with Gasteiger partial charge in [-0.2, -0.15) is 0 Å². The fourth-order valence-corrected chi connectivity index (χ4v) is 2.85. The molecule has 0 heterocycles. The quantitative estimate of drug-likeness (QED) is 0.800. The average molecular weight is 325 g/mol. The zero-order valence-corrected chi connectivity index (χ0v) is 15.2. The summed E-state index contributed by atoms with van der Waals surface area (Å²) in [4.78, 5) is 12.6. The van der Waals surface area contributed by atoms with E-state index < -0.39 is 0 Å². The minimum Gasteiger partial charge on any atom is -0.497 e. The number of hydrogen-bond donors (Lipinski definition) is 1. The number of hydrogen-bond acceptors (Lipinski definition) is 2. The van der Waals surface area contributed by atoms with E-state index in [1.165, 1.54) is 11.1 Å². The standard InChI is InChI=1S/C21H27NO2/c1-14(2)18-10-7-11-19(15(3)4)21(18)22-20(23)13-16-8-6-9-17(12-16)24-5/h6-12,14-15H,13H2,1-5H3,(H,22,23). The molecule has 0 atom stereocenters. The monoisotopic (exact) mass is 325 g/mol. The van der Waals surface area contributed by atoms with E-state index in [9.17, 15) is 4.79 Å². The zero-order chi connectivity index (χ0) is 17.7. The SMILES string of the molecule is COc1cccc(CC(=O)Nc2c(C(C)C)cccc2C(C)C)c1. The smallest absolute Gasteiger partial charge is 0.228 e. The summed E-state index contributed by atoms with van der Waals surface area (Å²) >= 11 is 0. The van der Waals surface area contributed by atoms with Gasteiger partial charge >= 0.3 is 0 Å². The van der Waals surface area contributed by atoms with Gasteiger partial charge in [-0.15, -0.1) is 0 Å². The molecule has 0 aliphatic carbocycles. The molecule has 0 radical (unpaired) electrons. The summed E-state index contributed by atoms with van der Waals surface area (Å²) in [5, 5.41) is 3.15. The maximum atomic E-state index is 12.6. The Kier molecular flexibility index (Phi) is 6.02. The molecule has 0 saturated carbocycles. The molecule has 0 spiro atoms. The molecule has 3 nitrogen and oxygen atoms in total. The second-order valence-corrected chi connectivity index (χ2v) is 6.70. The normalized spacial score (nSPS) is 11.0. The van der Waals surface area contributed by atoms with Crippen molar-refractivity contribution in [3.05, 3.63) is 59.2 Å². The molecule has 0 unspecified atom stereocenters. The number of carbonyl (C=O) groups is 1. The largest absolute Gasteiger partial charge is 0.497 e. The van der Waals surface area contributed by atoms with E-state index in [0.29, 0.717) is 18.3 Å². The molecule has 0 fully saturated rings. The van der Waals surface area contributed by atoms with Gasteiger partial charge in [-0.05, 0) is 40.7 Å². The van der Waals surface area contributed by atoms with Gasteiger partial charge in [0.25, 0.3) is 0 Å². The van der Waals surface area contributed by atoms with E-state index in [1.54, 1.807) is 7.11 Å².